The molecular weight excluding hydrogens is 434 g/mol. The van der Waals surface area contributed by atoms with Gasteiger partial charge in [0, 0.05) is 31.0 Å². The normalized spacial score (nSPS) is 11.0. The van der Waals surface area contributed by atoms with Crippen molar-refractivity contribution in [3.63, 3.8) is 0 Å². The van der Waals surface area contributed by atoms with Gasteiger partial charge in [-0.2, -0.15) is 0 Å². The Bertz CT molecular complexity index is 1250. The van der Waals surface area contributed by atoms with Gasteiger partial charge in [0.15, 0.2) is 0 Å². The molecule has 0 radical (unpaired) electrons. The number of hydrogen-bond acceptors (Lipinski definition) is 3. The van der Waals surface area contributed by atoms with Crippen LogP contribution in [-0.4, -0.2) is 54.6 Å². The Morgan fingerprint density at radius 2 is 1.49 bits per heavy atom. The maximum atomic E-state index is 14.0. The van der Waals surface area contributed by atoms with Crippen molar-refractivity contribution in [3.8, 4) is 22.7 Å². The molecule has 0 bridgehead atoms. The van der Waals surface area contributed by atoms with Gasteiger partial charge in [0.1, 0.15) is 5.75 Å². The van der Waals surface area contributed by atoms with E-state index in [1.165, 1.54) is 0 Å². The summed E-state index contributed by atoms with van der Waals surface area (Å²) in [7, 11) is 5.73. The van der Waals surface area contributed by atoms with Crippen molar-refractivity contribution in [2.24, 2.45) is 0 Å². The summed E-state index contributed by atoms with van der Waals surface area (Å²) in [6, 6.07) is 30.4. The van der Waals surface area contributed by atoms with E-state index in [0.29, 0.717) is 18.7 Å². The van der Waals surface area contributed by atoms with E-state index < -0.39 is 0 Å². The summed E-state index contributed by atoms with van der Waals surface area (Å²) in [6.45, 7) is 4.04. The highest BCUT2D eigenvalue weighted by Crippen LogP contribution is 2.31. The SMILES string of the molecule is COc1ccc(-c2cc(C(=O)N(CCN(C)C)Cc3ccccc3)c(C)n2-c2ccccc2)cc1. The van der Waals surface area contributed by atoms with E-state index in [1.807, 2.05) is 92.6 Å². The van der Waals surface area contributed by atoms with E-state index in [0.717, 1.165) is 40.5 Å². The van der Waals surface area contributed by atoms with Crippen LogP contribution < -0.4 is 4.74 Å². The number of carbonyl (C=O) groups is 1. The zero-order valence-corrected chi connectivity index (χ0v) is 20.9. The van der Waals surface area contributed by atoms with E-state index in [9.17, 15) is 4.79 Å². The maximum absolute atomic E-state index is 14.0. The molecule has 0 aliphatic carbocycles. The average molecular weight is 468 g/mol. The number of methoxy groups -OCH3 is 1. The lowest BCUT2D eigenvalue weighted by molar-refractivity contribution is 0.0731. The molecule has 0 saturated heterocycles. The lowest BCUT2D eigenvalue weighted by Gasteiger charge is -2.25. The quantitative estimate of drug-likeness (QED) is 0.319. The molecule has 4 rings (SSSR count). The third-order valence-corrected chi connectivity index (χ3v) is 6.20. The highest BCUT2D eigenvalue weighted by molar-refractivity contribution is 5.97. The number of ether oxygens (including phenoxy) is 1. The number of benzene rings is 3. The number of amides is 1. The fourth-order valence-electron chi connectivity index (χ4n) is 4.25. The zero-order chi connectivity index (χ0) is 24.8. The Morgan fingerprint density at radius 3 is 2.09 bits per heavy atom. The van der Waals surface area contributed by atoms with Crippen molar-refractivity contribution in [2.75, 3.05) is 34.3 Å². The number of hydrogen-bond donors (Lipinski definition) is 0. The predicted octanol–water partition coefficient (Wildman–Crippen LogP) is 5.67. The molecule has 5 heteroatoms. The topological polar surface area (TPSA) is 37.7 Å². The molecule has 5 nitrogen and oxygen atoms in total. The van der Waals surface area contributed by atoms with Gasteiger partial charge in [-0.3, -0.25) is 4.79 Å². The number of carbonyl (C=O) groups excluding carboxylic acids is 1. The molecule has 0 N–H and O–H groups in total. The van der Waals surface area contributed by atoms with Crippen LogP contribution in [0.5, 0.6) is 5.75 Å². The lowest BCUT2D eigenvalue weighted by atomic mass is 10.1. The number of nitrogens with zero attached hydrogens (tertiary/aromatic N) is 3. The first kappa shape index (κ1) is 24.3. The minimum absolute atomic E-state index is 0.0395. The second-order valence-electron chi connectivity index (χ2n) is 8.94. The fraction of sp³-hybridized carbons (Fsp3) is 0.233. The smallest absolute Gasteiger partial charge is 0.256 e. The second-order valence-corrected chi connectivity index (χ2v) is 8.94. The molecule has 0 fully saturated rings. The van der Waals surface area contributed by atoms with Gasteiger partial charge in [-0.15, -0.1) is 0 Å². The molecule has 4 aromatic rings. The van der Waals surface area contributed by atoms with Gasteiger partial charge >= 0.3 is 0 Å². The van der Waals surface area contributed by atoms with E-state index >= 15 is 0 Å². The third-order valence-electron chi connectivity index (χ3n) is 6.20. The van der Waals surface area contributed by atoms with Crippen molar-refractivity contribution >= 4 is 5.91 Å². The fourth-order valence-corrected chi connectivity index (χ4v) is 4.25. The highest BCUT2D eigenvalue weighted by Gasteiger charge is 2.24. The van der Waals surface area contributed by atoms with Gasteiger partial charge in [0.05, 0.1) is 18.4 Å². The summed E-state index contributed by atoms with van der Waals surface area (Å²) in [5.74, 6) is 0.843. The molecule has 0 unspecified atom stereocenters. The number of likely N-dealkylation sites (N-methyl/N-ethyl adjacent to an activating group) is 1. The summed E-state index contributed by atoms with van der Waals surface area (Å²) in [6.07, 6.45) is 0. The molecule has 1 aromatic heterocycles. The Labute approximate surface area is 208 Å². The first-order chi connectivity index (χ1) is 17.0. The van der Waals surface area contributed by atoms with Crippen LogP contribution in [0.15, 0.2) is 91.0 Å². The highest BCUT2D eigenvalue weighted by atomic mass is 16.5. The number of rotatable bonds is 9. The largest absolute Gasteiger partial charge is 0.497 e. The molecule has 0 aliphatic heterocycles. The molecule has 35 heavy (non-hydrogen) atoms. The lowest BCUT2D eigenvalue weighted by Crippen LogP contribution is -2.36. The summed E-state index contributed by atoms with van der Waals surface area (Å²) >= 11 is 0. The first-order valence-electron chi connectivity index (χ1n) is 11.9. The molecule has 0 aliphatic rings. The van der Waals surface area contributed by atoms with Crippen LogP contribution in [0.4, 0.5) is 0 Å². The average Bonchev–Trinajstić information content (AvgIpc) is 3.24. The first-order valence-corrected chi connectivity index (χ1v) is 11.9. The van der Waals surface area contributed by atoms with Crippen LogP contribution in [0.25, 0.3) is 16.9 Å². The van der Waals surface area contributed by atoms with E-state index in [4.69, 9.17) is 4.74 Å². The van der Waals surface area contributed by atoms with Crippen LogP contribution in [0, 0.1) is 6.92 Å². The predicted molar refractivity (Wildman–Crippen MR) is 142 cm³/mol. The molecule has 180 valence electrons. The van der Waals surface area contributed by atoms with Crippen molar-refractivity contribution in [2.45, 2.75) is 13.5 Å². The Balaban J connectivity index is 1.78. The summed E-state index contributed by atoms with van der Waals surface area (Å²) in [5.41, 5.74) is 5.80. The second kappa shape index (κ2) is 11.1. The molecule has 0 spiro atoms. The van der Waals surface area contributed by atoms with E-state index in [2.05, 4.69) is 33.7 Å². The Hall–Kier alpha value is -3.83. The van der Waals surface area contributed by atoms with Gasteiger partial charge in [-0.05, 0) is 74.6 Å². The van der Waals surface area contributed by atoms with Crippen LogP contribution >= 0.6 is 0 Å². The molecule has 1 amide bonds. The minimum atomic E-state index is 0.0395. The minimum Gasteiger partial charge on any atom is -0.497 e. The molecular formula is C30H33N3O2. The van der Waals surface area contributed by atoms with Crippen molar-refractivity contribution in [1.29, 1.82) is 0 Å². The molecule has 0 saturated carbocycles. The maximum Gasteiger partial charge on any atom is 0.256 e. The van der Waals surface area contributed by atoms with Crippen molar-refractivity contribution in [1.82, 2.24) is 14.4 Å². The van der Waals surface area contributed by atoms with Crippen molar-refractivity contribution < 1.29 is 9.53 Å². The van der Waals surface area contributed by atoms with Crippen LogP contribution in [-0.2, 0) is 6.54 Å². The zero-order valence-electron chi connectivity index (χ0n) is 20.9. The van der Waals surface area contributed by atoms with Crippen LogP contribution in [0.1, 0.15) is 21.6 Å². The van der Waals surface area contributed by atoms with Gasteiger partial charge < -0.3 is 19.1 Å². The van der Waals surface area contributed by atoms with Crippen LogP contribution in [0.2, 0.25) is 0 Å². The van der Waals surface area contributed by atoms with Crippen LogP contribution in [0.3, 0.4) is 0 Å². The van der Waals surface area contributed by atoms with Gasteiger partial charge in [0.25, 0.3) is 5.91 Å². The van der Waals surface area contributed by atoms with E-state index in [-0.39, 0.29) is 5.91 Å². The third kappa shape index (κ3) is 5.64. The Morgan fingerprint density at radius 1 is 0.857 bits per heavy atom. The number of aromatic nitrogens is 1. The Kier molecular flexibility index (Phi) is 7.68. The summed E-state index contributed by atoms with van der Waals surface area (Å²) in [5, 5.41) is 0. The molecule has 0 atom stereocenters. The molecule has 1 heterocycles. The standard InChI is InChI=1S/C30H33N3O2/c1-23-28(30(34)32(20-19-31(2)3)22-24-11-7-5-8-12-24)21-29(25-15-17-27(35-4)18-16-25)33(23)26-13-9-6-10-14-26/h5-18,21H,19-20,22H2,1-4H3. The van der Waals surface area contributed by atoms with Gasteiger partial charge in [0.2, 0.25) is 0 Å². The number of para-hydroxylation sites is 1. The summed E-state index contributed by atoms with van der Waals surface area (Å²) < 4.78 is 7.52. The van der Waals surface area contributed by atoms with E-state index in [1.54, 1.807) is 7.11 Å². The van der Waals surface area contributed by atoms with Gasteiger partial charge in [-0.1, -0.05) is 48.5 Å². The van der Waals surface area contributed by atoms with Crippen molar-refractivity contribution in [3.05, 3.63) is 108 Å². The van der Waals surface area contributed by atoms with Gasteiger partial charge in [-0.25, -0.2) is 0 Å². The molecule has 3 aromatic carbocycles. The summed E-state index contributed by atoms with van der Waals surface area (Å²) in [4.78, 5) is 18.0. The monoisotopic (exact) mass is 467 g/mol.